The largest absolute Gasteiger partial charge is 0.480 e. The number of carboxylic acid groups (broad SMARTS) is 1. The number of nitrogens with zero attached hydrogens (tertiary/aromatic N) is 1. The quantitative estimate of drug-likeness (QED) is 0.840. The molecule has 0 heterocycles. The lowest BCUT2D eigenvalue weighted by atomic mass is 10.00. The van der Waals surface area contributed by atoms with Crippen molar-refractivity contribution in [3.05, 3.63) is 35.9 Å². The van der Waals surface area contributed by atoms with E-state index < -0.39 is 5.97 Å². The molecule has 0 aliphatic carbocycles. The van der Waals surface area contributed by atoms with E-state index in [2.05, 4.69) is 0 Å². The van der Waals surface area contributed by atoms with Crippen LogP contribution in [0.3, 0.4) is 0 Å². The smallest absolute Gasteiger partial charge is 0.323 e. The number of carbonyl (C=O) groups is 2. The van der Waals surface area contributed by atoms with Crippen LogP contribution in [0.15, 0.2) is 30.3 Å². The molecule has 0 radical (unpaired) electrons. The van der Waals surface area contributed by atoms with Crippen molar-refractivity contribution in [3.8, 4) is 0 Å². The molecule has 0 fully saturated rings. The van der Waals surface area contributed by atoms with Crippen molar-refractivity contribution < 1.29 is 14.7 Å². The highest BCUT2D eigenvalue weighted by Gasteiger charge is 2.22. The molecule has 4 heteroatoms. The topological polar surface area (TPSA) is 57.6 Å². The molecule has 1 amide bonds. The van der Waals surface area contributed by atoms with Crippen LogP contribution in [0.4, 0.5) is 0 Å². The lowest BCUT2D eigenvalue weighted by molar-refractivity contribution is -0.145. The molecule has 1 N–H and O–H groups in total. The lowest BCUT2D eigenvalue weighted by Gasteiger charge is -2.23. The van der Waals surface area contributed by atoms with Gasteiger partial charge in [-0.2, -0.15) is 0 Å². The molecule has 0 aliphatic rings. The average molecular weight is 249 g/mol. The van der Waals surface area contributed by atoms with Gasteiger partial charge in [0.2, 0.25) is 5.91 Å². The second-order valence-electron chi connectivity index (χ2n) is 4.29. The van der Waals surface area contributed by atoms with E-state index >= 15 is 0 Å². The van der Waals surface area contributed by atoms with Gasteiger partial charge in [0.15, 0.2) is 0 Å². The zero-order valence-electron chi connectivity index (χ0n) is 10.8. The molecule has 1 aromatic rings. The number of carboxylic acids is 1. The monoisotopic (exact) mass is 249 g/mol. The summed E-state index contributed by atoms with van der Waals surface area (Å²) in [5, 5.41) is 8.82. The molecular formula is C14H19NO3. The maximum atomic E-state index is 12.2. The molecule has 0 unspecified atom stereocenters. The highest BCUT2D eigenvalue weighted by atomic mass is 16.4. The minimum Gasteiger partial charge on any atom is -0.480 e. The molecule has 0 saturated carbocycles. The van der Waals surface area contributed by atoms with E-state index in [-0.39, 0.29) is 18.4 Å². The van der Waals surface area contributed by atoms with Crippen molar-refractivity contribution >= 4 is 11.9 Å². The van der Waals surface area contributed by atoms with E-state index in [1.807, 2.05) is 44.2 Å². The van der Waals surface area contributed by atoms with Crippen molar-refractivity contribution in [3.63, 3.8) is 0 Å². The average Bonchev–Trinajstić information content (AvgIpc) is 2.37. The molecule has 98 valence electrons. The number of hydrogen-bond acceptors (Lipinski definition) is 2. The van der Waals surface area contributed by atoms with Gasteiger partial charge in [-0.3, -0.25) is 9.59 Å². The van der Waals surface area contributed by atoms with Crippen molar-refractivity contribution in [1.82, 2.24) is 4.90 Å². The summed E-state index contributed by atoms with van der Waals surface area (Å²) in [7, 11) is 0. The van der Waals surface area contributed by atoms with E-state index in [1.54, 1.807) is 0 Å². The van der Waals surface area contributed by atoms with Crippen molar-refractivity contribution in [1.29, 1.82) is 0 Å². The molecule has 18 heavy (non-hydrogen) atoms. The van der Waals surface area contributed by atoms with Crippen LogP contribution in [0.5, 0.6) is 0 Å². The van der Waals surface area contributed by atoms with E-state index in [0.29, 0.717) is 6.54 Å². The predicted molar refractivity (Wildman–Crippen MR) is 69.4 cm³/mol. The van der Waals surface area contributed by atoms with Crippen molar-refractivity contribution in [2.45, 2.75) is 26.2 Å². The van der Waals surface area contributed by atoms with Crippen LogP contribution in [0.25, 0.3) is 0 Å². The Morgan fingerprint density at radius 1 is 1.28 bits per heavy atom. The molecule has 0 bridgehead atoms. The third-order valence-electron chi connectivity index (χ3n) is 2.80. The Hall–Kier alpha value is -1.84. The van der Waals surface area contributed by atoms with E-state index in [0.717, 1.165) is 12.0 Å². The van der Waals surface area contributed by atoms with Crippen LogP contribution < -0.4 is 0 Å². The Labute approximate surface area is 107 Å². The van der Waals surface area contributed by atoms with Crippen LogP contribution in [-0.2, 0) is 9.59 Å². The van der Waals surface area contributed by atoms with Crippen LogP contribution in [0.2, 0.25) is 0 Å². The second-order valence-corrected chi connectivity index (χ2v) is 4.29. The normalized spacial score (nSPS) is 11.9. The number of aliphatic carboxylic acids is 1. The zero-order valence-corrected chi connectivity index (χ0v) is 10.8. The lowest BCUT2D eigenvalue weighted by Crippen LogP contribution is -2.38. The first-order valence-corrected chi connectivity index (χ1v) is 6.11. The third kappa shape index (κ3) is 3.87. The number of carbonyl (C=O) groups excluding carboxylic acids is 1. The number of amides is 1. The summed E-state index contributed by atoms with van der Waals surface area (Å²) in [5.41, 5.74) is 0.911. The molecule has 0 saturated heterocycles. The summed E-state index contributed by atoms with van der Waals surface area (Å²) in [6.45, 7) is 3.98. The summed E-state index contributed by atoms with van der Waals surface area (Å²) >= 11 is 0. The maximum absolute atomic E-state index is 12.2. The molecule has 1 aromatic carbocycles. The summed E-state index contributed by atoms with van der Waals surface area (Å²) < 4.78 is 0. The zero-order chi connectivity index (χ0) is 13.5. The molecule has 0 aliphatic heterocycles. The second kappa shape index (κ2) is 6.79. The molecule has 0 aromatic heterocycles. The highest BCUT2D eigenvalue weighted by molar-refractivity contribution is 5.86. The number of hydrogen-bond donors (Lipinski definition) is 1. The summed E-state index contributed by atoms with van der Waals surface area (Å²) in [6, 6.07) is 9.41. The SMILES string of the molecule is CCCN(CC(=O)O)C(=O)[C@H](C)c1ccccc1. The number of benzene rings is 1. The molecular weight excluding hydrogens is 230 g/mol. The van der Waals surface area contributed by atoms with Crippen molar-refractivity contribution in [2.75, 3.05) is 13.1 Å². The predicted octanol–water partition coefficient (Wildman–Crippen LogP) is 2.11. The van der Waals surface area contributed by atoms with Crippen LogP contribution in [0.1, 0.15) is 31.7 Å². The highest BCUT2D eigenvalue weighted by Crippen LogP contribution is 2.17. The van der Waals surface area contributed by atoms with Gasteiger partial charge >= 0.3 is 5.97 Å². The van der Waals surface area contributed by atoms with Crippen LogP contribution >= 0.6 is 0 Å². The Morgan fingerprint density at radius 3 is 2.39 bits per heavy atom. The fourth-order valence-corrected chi connectivity index (χ4v) is 1.86. The van der Waals surface area contributed by atoms with Gasteiger partial charge in [-0.15, -0.1) is 0 Å². The van der Waals surface area contributed by atoms with Gasteiger partial charge < -0.3 is 10.0 Å². The standard InChI is InChI=1S/C14H19NO3/c1-3-9-15(10-13(16)17)14(18)11(2)12-7-5-4-6-8-12/h4-8,11H,3,9-10H2,1-2H3,(H,16,17)/t11-/m1/s1. The van der Waals surface area contributed by atoms with Gasteiger partial charge in [-0.1, -0.05) is 37.3 Å². The Kier molecular flexibility index (Phi) is 5.36. The first kappa shape index (κ1) is 14.2. The number of rotatable bonds is 6. The summed E-state index contributed by atoms with van der Waals surface area (Å²) in [6.07, 6.45) is 0.751. The minimum atomic E-state index is -0.975. The van der Waals surface area contributed by atoms with Crippen LogP contribution in [-0.4, -0.2) is 35.0 Å². The first-order chi connectivity index (χ1) is 8.56. The Balaban J connectivity index is 2.79. The molecule has 0 spiro atoms. The van der Waals surface area contributed by atoms with E-state index in [4.69, 9.17) is 5.11 Å². The van der Waals surface area contributed by atoms with E-state index in [9.17, 15) is 9.59 Å². The van der Waals surface area contributed by atoms with Gasteiger partial charge in [-0.25, -0.2) is 0 Å². The summed E-state index contributed by atoms with van der Waals surface area (Å²) in [5.74, 6) is -1.42. The van der Waals surface area contributed by atoms with Gasteiger partial charge in [0.25, 0.3) is 0 Å². The molecule has 4 nitrogen and oxygen atoms in total. The maximum Gasteiger partial charge on any atom is 0.323 e. The fourth-order valence-electron chi connectivity index (χ4n) is 1.86. The Morgan fingerprint density at radius 2 is 1.89 bits per heavy atom. The summed E-state index contributed by atoms with van der Waals surface area (Å²) in [4.78, 5) is 24.4. The molecule has 1 rings (SSSR count). The van der Waals surface area contributed by atoms with Crippen molar-refractivity contribution in [2.24, 2.45) is 0 Å². The van der Waals surface area contributed by atoms with Gasteiger partial charge in [0.1, 0.15) is 6.54 Å². The fraction of sp³-hybridized carbons (Fsp3) is 0.429. The van der Waals surface area contributed by atoms with Crippen LogP contribution in [0, 0.1) is 0 Å². The third-order valence-corrected chi connectivity index (χ3v) is 2.80. The minimum absolute atomic E-state index is 0.134. The van der Waals surface area contributed by atoms with Gasteiger partial charge in [0, 0.05) is 6.54 Å². The van der Waals surface area contributed by atoms with E-state index in [1.165, 1.54) is 4.90 Å². The Bertz CT molecular complexity index is 403. The molecule has 1 atom stereocenters. The first-order valence-electron chi connectivity index (χ1n) is 6.11. The van der Waals surface area contributed by atoms with Gasteiger partial charge in [0.05, 0.1) is 5.92 Å². The van der Waals surface area contributed by atoms with Gasteiger partial charge in [-0.05, 0) is 18.9 Å².